The molecule has 30 heavy (non-hydrogen) atoms. The van der Waals surface area contributed by atoms with Gasteiger partial charge in [-0.2, -0.15) is 0 Å². The summed E-state index contributed by atoms with van der Waals surface area (Å²) in [4.78, 5) is 30.3. The number of methoxy groups -OCH3 is 1. The predicted molar refractivity (Wildman–Crippen MR) is 117 cm³/mol. The summed E-state index contributed by atoms with van der Waals surface area (Å²) in [6.07, 6.45) is 14.0. The van der Waals surface area contributed by atoms with Crippen LogP contribution >= 0.6 is 0 Å². The van der Waals surface area contributed by atoms with Crippen LogP contribution in [-0.4, -0.2) is 42.3 Å². The average molecular weight is 412 g/mol. The fourth-order valence-electron chi connectivity index (χ4n) is 4.38. The number of nitrogens with zero attached hydrogens (tertiary/aromatic N) is 2. The van der Waals surface area contributed by atoms with E-state index in [1.807, 2.05) is 35.4 Å². The van der Waals surface area contributed by atoms with E-state index in [1.165, 1.54) is 0 Å². The van der Waals surface area contributed by atoms with E-state index in [1.54, 1.807) is 7.11 Å². The Labute approximate surface area is 179 Å². The van der Waals surface area contributed by atoms with Crippen molar-refractivity contribution in [2.24, 2.45) is 11.7 Å². The van der Waals surface area contributed by atoms with Crippen LogP contribution in [0.1, 0.15) is 62.8 Å². The first-order valence-electron chi connectivity index (χ1n) is 11.0. The van der Waals surface area contributed by atoms with Crippen molar-refractivity contribution in [3.63, 3.8) is 0 Å². The second kappa shape index (κ2) is 11.0. The van der Waals surface area contributed by atoms with E-state index in [9.17, 15) is 9.59 Å². The summed E-state index contributed by atoms with van der Waals surface area (Å²) in [6.45, 7) is 1.58. The molecule has 0 aromatic carbocycles. The fourth-order valence-corrected chi connectivity index (χ4v) is 4.38. The van der Waals surface area contributed by atoms with Gasteiger partial charge in [0.25, 0.3) is 5.91 Å². The number of amides is 1. The maximum Gasteiger partial charge on any atom is 0.253 e. The lowest BCUT2D eigenvalue weighted by Crippen LogP contribution is -2.39. The third-order valence-electron chi connectivity index (χ3n) is 6.27. The van der Waals surface area contributed by atoms with Gasteiger partial charge in [0.15, 0.2) is 0 Å². The standard InChI is InChI=1S/C24H33N3O3/c1-30-23-9-8-21(17-26-23)19(12-15-28)7-6-18-10-13-27(14-11-18)24(29)20-4-2-3-5-22(25)16-20/h4,8-9,15-19H,2-3,5-7,10-14,25H2,1H3. The Morgan fingerprint density at radius 3 is 2.83 bits per heavy atom. The van der Waals surface area contributed by atoms with Crippen LogP contribution in [0.3, 0.4) is 0 Å². The number of hydrogen-bond donors (Lipinski definition) is 1. The second-order valence-corrected chi connectivity index (χ2v) is 8.32. The van der Waals surface area contributed by atoms with Crippen molar-refractivity contribution >= 4 is 12.2 Å². The maximum absolute atomic E-state index is 12.8. The molecule has 2 N–H and O–H groups in total. The van der Waals surface area contributed by atoms with Crippen molar-refractivity contribution in [2.75, 3.05) is 20.2 Å². The van der Waals surface area contributed by atoms with Gasteiger partial charge in [0.05, 0.1) is 7.11 Å². The zero-order chi connectivity index (χ0) is 21.3. The molecule has 1 aliphatic carbocycles. The SMILES string of the molecule is COc1ccc(C(CC=O)CCC2CCN(C(=O)C3=CCCCC(N)=C3)CC2)cn1. The number of rotatable bonds is 8. The molecule has 6 nitrogen and oxygen atoms in total. The highest BCUT2D eigenvalue weighted by Crippen LogP contribution is 2.30. The molecule has 1 aromatic heterocycles. The average Bonchev–Trinajstić information content (AvgIpc) is 3.01. The number of ether oxygens (including phenoxy) is 1. The van der Waals surface area contributed by atoms with Gasteiger partial charge in [-0.25, -0.2) is 4.98 Å². The number of carbonyl (C=O) groups is 2. The number of aromatic nitrogens is 1. The number of nitrogens with two attached hydrogens (primary N) is 1. The van der Waals surface area contributed by atoms with Crippen LogP contribution in [0.15, 0.2) is 41.8 Å². The number of hydrogen-bond acceptors (Lipinski definition) is 5. The van der Waals surface area contributed by atoms with Crippen molar-refractivity contribution in [3.8, 4) is 5.88 Å². The number of allylic oxidation sites excluding steroid dienone is 2. The Kier molecular flexibility index (Phi) is 8.05. The minimum Gasteiger partial charge on any atom is -0.481 e. The zero-order valence-electron chi connectivity index (χ0n) is 17.9. The minimum atomic E-state index is 0.112. The molecule has 1 amide bonds. The topological polar surface area (TPSA) is 85.5 Å². The summed E-state index contributed by atoms with van der Waals surface area (Å²) in [5.41, 5.74) is 8.62. The number of likely N-dealkylation sites (tertiary alicyclic amines) is 1. The molecule has 2 aliphatic rings. The quantitative estimate of drug-likeness (QED) is 0.659. The zero-order valence-corrected chi connectivity index (χ0v) is 17.9. The molecule has 1 aliphatic heterocycles. The summed E-state index contributed by atoms with van der Waals surface area (Å²) >= 11 is 0. The molecule has 0 spiro atoms. The molecule has 0 radical (unpaired) electrons. The van der Waals surface area contributed by atoms with Gasteiger partial charge in [0.1, 0.15) is 6.29 Å². The molecule has 1 saturated heterocycles. The molecule has 2 heterocycles. The van der Waals surface area contributed by atoms with Crippen LogP contribution in [0, 0.1) is 5.92 Å². The van der Waals surface area contributed by atoms with Crippen molar-refractivity contribution in [1.29, 1.82) is 0 Å². The highest BCUT2D eigenvalue weighted by atomic mass is 16.5. The summed E-state index contributed by atoms with van der Waals surface area (Å²) in [5.74, 6) is 1.46. The van der Waals surface area contributed by atoms with Crippen LogP contribution in [-0.2, 0) is 9.59 Å². The number of pyridine rings is 1. The van der Waals surface area contributed by atoms with Crippen molar-refractivity contribution in [3.05, 3.63) is 47.3 Å². The fraction of sp³-hybridized carbons (Fsp3) is 0.542. The Morgan fingerprint density at radius 1 is 1.37 bits per heavy atom. The summed E-state index contributed by atoms with van der Waals surface area (Å²) < 4.78 is 5.12. The molecule has 6 heteroatoms. The number of piperidine rings is 1. The minimum absolute atomic E-state index is 0.112. The van der Waals surface area contributed by atoms with E-state index < -0.39 is 0 Å². The molecule has 3 rings (SSSR count). The predicted octanol–water partition coefficient (Wildman–Crippen LogP) is 3.73. The van der Waals surface area contributed by atoms with Gasteiger partial charge >= 0.3 is 0 Å². The van der Waals surface area contributed by atoms with Gasteiger partial charge in [-0.15, -0.1) is 0 Å². The highest BCUT2D eigenvalue weighted by molar-refractivity contribution is 5.96. The van der Waals surface area contributed by atoms with E-state index in [0.29, 0.717) is 18.2 Å². The Bertz CT molecular complexity index is 777. The molecular formula is C24H33N3O3. The smallest absolute Gasteiger partial charge is 0.253 e. The van der Waals surface area contributed by atoms with Gasteiger partial charge in [-0.05, 0) is 68.4 Å². The van der Waals surface area contributed by atoms with E-state index in [4.69, 9.17) is 10.5 Å². The molecule has 0 saturated carbocycles. The van der Waals surface area contributed by atoms with Crippen molar-refractivity contribution in [2.45, 2.75) is 57.3 Å². The lowest BCUT2D eigenvalue weighted by Gasteiger charge is -2.33. The van der Waals surface area contributed by atoms with Crippen molar-refractivity contribution in [1.82, 2.24) is 9.88 Å². The van der Waals surface area contributed by atoms with Crippen LogP contribution in [0.25, 0.3) is 0 Å². The van der Waals surface area contributed by atoms with Gasteiger partial charge < -0.3 is 20.2 Å². The third-order valence-corrected chi connectivity index (χ3v) is 6.27. The van der Waals surface area contributed by atoms with Gasteiger partial charge in [0, 0.05) is 43.0 Å². The third kappa shape index (κ3) is 5.94. The molecule has 1 aromatic rings. The first-order valence-corrected chi connectivity index (χ1v) is 11.0. The van der Waals surface area contributed by atoms with Crippen LogP contribution in [0.5, 0.6) is 5.88 Å². The maximum atomic E-state index is 12.8. The van der Waals surface area contributed by atoms with E-state index in [-0.39, 0.29) is 11.8 Å². The van der Waals surface area contributed by atoms with Gasteiger partial charge in [-0.3, -0.25) is 4.79 Å². The van der Waals surface area contributed by atoms with Gasteiger partial charge in [-0.1, -0.05) is 12.1 Å². The summed E-state index contributed by atoms with van der Waals surface area (Å²) in [5, 5.41) is 0. The first-order chi connectivity index (χ1) is 14.6. The van der Waals surface area contributed by atoms with Crippen LogP contribution in [0.4, 0.5) is 0 Å². The normalized spacial score (nSPS) is 18.8. The molecule has 1 fully saturated rings. The molecule has 162 valence electrons. The molecule has 1 atom stereocenters. The van der Waals surface area contributed by atoms with Crippen molar-refractivity contribution < 1.29 is 14.3 Å². The van der Waals surface area contributed by atoms with Gasteiger partial charge in [0.2, 0.25) is 5.88 Å². The molecular weight excluding hydrogens is 378 g/mol. The lowest BCUT2D eigenvalue weighted by molar-refractivity contribution is -0.128. The van der Waals surface area contributed by atoms with E-state index in [0.717, 1.165) is 81.2 Å². The van der Waals surface area contributed by atoms with Crippen LogP contribution in [0.2, 0.25) is 0 Å². The largest absolute Gasteiger partial charge is 0.481 e. The molecule has 0 bridgehead atoms. The Balaban J connectivity index is 1.50. The van der Waals surface area contributed by atoms with Crippen LogP contribution < -0.4 is 10.5 Å². The van der Waals surface area contributed by atoms with E-state index >= 15 is 0 Å². The number of carbonyl (C=O) groups excluding carboxylic acids is 2. The Hall–Kier alpha value is -2.63. The second-order valence-electron chi connectivity index (χ2n) is 8.32. The lowest BCUT2D eigenvalue weighted by atomic mass is 9.85. The Morgan fingerprint density at radius 2 is 2.17 bits per heavy atom. The summed E-state index contributed by atoms with van der Waals surface area (Å²) in [6, 6.07) is 3.85. The van der Waals surface area contributed by atoms with E-state index in [2.05, 4.69) is 4.98 Å². The highest BCUT2D eigenvalue weighted by Gasteiger charge is 2.25. The monoisotopic (exact) mass is 411 g/mol. The number of aldehydes is 1. The first kappa shape index (κ1) is 22.1. The summed E-state index contributed by atoms with van der Waals surface area (Å²) in [7, 11) is 1.60. The molecule has 1 unspecified atom stereocenters.